The summed E-state index contributed by atoms with van der Waals surface area (Å²) in [7, 11) is 0. The molecule has 0 radical (unpaired) electrons. The number of rotatable bonds is 9. The molecule has 2 atom stereocenters. The van der Waals surface area contributed by atoms with Crippen LogP contribution in [0.5, 0.6) is 0 Å². The van der Waals surface area contributed by atoms with Crippen LogP contribution in [0.2, 0.25) is 10.0 Å². The maximum atomic E-state index is 12.9. The van der Waals surface area contributed by atoms with Crippen LogP contribution in [0.4, 0.5) is 30.6 Å². The molecule has 0 aromatic heterocycles. The fourth-order valence-corrected chi connectivity index (χ4v) is 10.3. The first-order valence-corrected chi connectivity index (χ1v) is 25.9. The normalized spacial score (nSPS) is 19.6. The third-order valence-electron chi connectivity index (χ3n) is 13.7. The number of carbonyl (C=O) groups is 8. The number of piperazine rings is 2. The van der Waals surface area contributed by atoms with Gasteiger partial charge in [0.2, 0.25) is 0 Å². The molecule has 23 heteroatoms. The van der Waals surface area contributed by atoms with Gasteiger partial charge in [0.25, 0.3) is 23.6 Å². The van der Waals surface area contributed by atoms with Crippen molar-refractivity contribution in [2.75, 3.05) is 88.3 Å². The van der Waals surface area contributed by atoms with Crippen LogP contribution in [0.3, 0.4) is 0 Å². The number of halogens is 3. The smallest absolute Gasteiger partial charge is 0.367 e. The number of carbonyl (C=O) groups excluding carboxylic acids is 8. The van der Waals surface area contributed by atoms with Gasteiger partial charge in [0, 0.05) is 91.4 Å². The van der Waals surface area contributed by atoms with Crippen molar-refractivity contribution < 1.29 is 48.4 Å². The average Bonchev–Trinajstić information content (AvgIpc) is 4.26. The SMILES string of the molecule is O=C(Cl)N1CCN(c2cccc(C(=O)N3CCCC3)c2Cl)CC1.O=C(ON1C(=O)N[C@@H](Cc2ccccc2)C1=O)N1CCN(c2cccc(C(=O)N3CCCC3)c2Cl)CC1.O=C1N[C@@H](Cc2ccccc2)C(=O)N1O. The summed E-state index contributed by atoms with van der Waals surface area (Å²) in [5, 5.41) is 15.0. The van der Waals surface area contributed by atoms with Gasteiger partial charge in [-0.05, 0) is 72.7 Å². The first kappa shape index (κ1) is 54.1. The van der Waals surface area contributed by atoms with Crippen LogP contribution in [0.15, 0.2) is 97.1 Å². The second-order valence-electron chi connectivity index (χ2n) is 18.5. The molecule has 6 heterocycles. The zero-order chi connectivity index (χ0) is 53.2. The van der Waals surface area contributed by atoms with Crippen LogP contribution in [0, 0.1) is 0 Å². The summed E-state index contributed by atoms with van der Waals surface area (Å²) in [5.41, 5.74) is 4.44. The number of likely N-dealkylation sites (tertiary alicyclic amines) is 2. The predicted molar refractivity (Wildman–Crippen MR) is 279 cm³/mol. The van der Waals surface area contributed by atoms with Gasteiger partial charge in [0.05, 0.1) is 32.5 Å². The molecule has 6 aliphatic heterocycles. The summed E-state index contributed by atoms with van der Waals surface area (Å²) in [6, 6.07) is 26.6. The number of benzene rings is 4. The quantitative estimate of drug-likeness (QED) is 0.0708. The van der Waals surface area contributed by atoms with Crippen molar-refractivity contribution in [3.8, 4) is 0 Å². The lowest BCUT2D eigenvalue weighted by Crippen LogP contribution is -2.50. The largest absolute Gasteiger partial charge is 0.434 e. The second-order valence-corrected chi connectivity index (χ2v) is 19.6. The molecule has 0 spiro atoms. The summed E-state index contributed by atoms with van der Waals surface area (Å²) < 4.78 is 0. The monoisotopic (exact) mass is 1090 g/mol. The molecule has 3 N–H and O–H groups in total. The third-order valence-corrected chi connectivity index (χ3v) is 14.7. The van der Waals surface area contributed by atoms with Gasteiger partial charge in [-0.25, -0.2) is 14.4 Å². The molecule has 6 aliphatic rings. The minimum atomic E-state index is -0.794. The molecule has 6 fully saturated rings. The molecule has 4 aromatic rings. The molecule has 75 heavy (non-hydrogen) atoms. The van der Waals surface area contributed by atoms with Crippen LogP contribution in [-0.2, 0) is 27.3 Å². The third kappa shape index (κ3) is 13.0. The van der Waals surface area contributed by atoms with Crippen LogP contribution in [0.25, 0.3) is 0 Å². The van der Waals surface area contributed by atoms with Crippen molar-refractivity contribution in [2.45, 2.75) is 50.6 Å². The number of imide groups is 2. The highest BCUT2D eigenvalue weighted by molar-refractivity contribution is 6.62. The van der Waals surface area contributed by atoms with Gasteiger partial charge in [-0.2, -0.15) is 0 Å². The van der Waals surface area contributed by atoms with Crippen molar-refractivity contribution in [1.29, 1.82) is 0 Å². The molecular formula is C52H57Cl3N10O10. The van der Waals surface area contributed by atoms with E-state index in [2.05, 4.69) is 15.5 Å². The minimum absolute atomic E-state index is 0.00363. The highest BCUT2D eigenvalue weighted by atomic mass is 35.5. The lowest BCUT2D eigenvalue weighted by Gasteiger charge is -2.36. The van der Waals surface area contributed by atoms with Crippen LogP contribution in [-0.4, -0.2) is 173 Å². The topological polar surface area (TPSA) is 216 Å². The Morgan fingerprint density at radius 1 is 0.507 bits per heavy atom. The number of hydrogen-bond donors (Lipinski definition) is 3. The van der Waals surface area contributed by atoms with Crippen LogP contribution >= 0.6 is 34.8 Å². The fraction of sp³-hybridized carbons (Fsp3) is 0.385. The Morgan fingerprint density at radius 2 is 0.920 bits per heavy atom. The molecule has 0 unspecified atom stereocenters. The van der Waals surface area contributed by atoms with Gasteiger partial charge >= 0.3 is 23.5 Å². The van der Waals surface area contributed by atoms with Crippen molar-refractivity contribution in [3.05, 3.63) is 129 Å². The van der Waals surface area contributed by atoms with Crippen LogP contribution < -0.4 is 20.4 Å². The van der Waals surface area contributed by atoms with E-state index in [0.29, 0.717) is 91.4 Å². The van der Waals surface area contributed by atoms with E-state index in [1.54, 1.807) is 17.0 Å². The summed E-state index contributed by atoms with van der Waals surface area (Å²) in [4.78, 5) is 113. The Morgan fingerprint density at radius 3 is 1.33 bits per heavy atom. The lowest BCUT2D eigenvalue weighted by molar-refractivity contribution is -0.151. The van der Waals surface area contributed by atoms with Gasteiger partial charge < -0.3 is 44.9 Å². The number of nitrogens with one attached hydrogen (secondary N) is 2. The predicted octanol–water partition coefficient (Wildman–Crippen LogP) is 6.51. The first-order chi connectivity index (χ1) is 36.2. The van der Waals surface area contributed by atoms with Crippen LogP contribution in [0.1, 0.15) is 57.5 Å². The molecule has 0 aliphatic carbocycles. The molecule has 20 nitrogen and oxygen atoms in total. The summed E-state index contributed by atoms with van der Waals surface area (Å²) >= 11 is 18.7. The van der Waals surface area contributed by atoms with Crippen molar-refractivity contribution in [1.82, 2.24) is 40.4 Å². The second kappa shape index (κ2) is 24.9. The lowest BCUT2D eigenvalue weighted by atomic mass is 10.1. The molecule has 0 saturated carbocycles. The van der Waals surface area contributed by atoms with Gasteiger partial charge in [0.1, 0.15) is 12.1 Å². The summed E-state index contributed by atoms with van der Waals surface area (Å²) in [6.45, 7) is 7.01. The molecule has 4 aromatic carbocycles. The zero-order valence-corrected chi connectivity index (χ0v) is 43.2. The summed E-state index contributed by atoms with van der Waals surface area (Å²) in [6.07, 6.45) is 4.03. The van der Waals surface area contributed by atoms with Gasteiger partial charge in [0.15, 0.2) is 0 Å². The van der Waals surface area contributed by atoms with E-state index in [1.807, 2.05) is 99.6 Å². The Hall–Kier alpha value is -7.13. The summed E-state index contributed by atoms with van der Waals surface area (Å²) in [5.74, 6) is -1.27. The Balaban J connectivity index is 0.000000166. The van der Waals surface area contributed by atoms with Crippen molar-refractivity contribution in [3.63, 3.8) is 0 Å². The average molecular weight is 1090 g/mol. The Kier molecular flexibility index (Phi) is 18.0. The molecule has 10 rings (SSSR count). The number of amides is 10. The van der Waals surface area contributed by atoms with E-state index in [0.717, 1.165) is 74.4 Å². The maximum absolute atomic E-state index is 12.9. The Labute approximate surface area is 448 Å². The number of hydrogen-bond acceptors (Lipinski definition) is 12. The number of nitrogens with zero attached hydrogens (tertiary/aromatic N) is 8. The number of anilines is 2. The van der Waals surface area contributed by atoms with Gasteiger partial charge in [-0.15, -0.1) is 5.06 Å². The van der Waals surface area contributed by atoms with Gasteiger partial charge in [-0.1, -0.05) is 101 Å². The van der Waals surface area contributed by atoms with E-state index in [-0.39, 0.29) is 16.9 Å². The fourth-order valence-electron chi connectivity index (χ4n) is 9.52. The molecule has 6 saturated heterocycles. The highest BCUT2D eigenvalue weighted by Crippen LogP contribution is 2.33. The maximum Gasteiger partial charge on any atom is 0.434 e. The van der Waals surface area contributed by atoms with E-state index >= 15 is 0 Å². The number of urea groups is 2. The van der Waals surface area contributed by atoms with E-state index in [9.17, 15) is 38.4 Å². The van der Waals surface area contributed by atoms with E-state index in [4.69, 9.17) is 44.8 Å². The molecule has 10 amide bonds. The van der Waals surface area contributed by atoms with E-state index < -0.39 is 47.4 Å². The van der Waals surface area contributed by atoms with E-state index in [1.165, 1.54) is 4.90 Å². The highest BCUT2D eigenvalue weighted by Gasteiger charge is 2.42. The zero-order valence-electron chi connectivity index (χ0n) is 41.0. The first-order valence-electron chi connectivity index (χ1n) is 24.8. The minimum Gasteiger partial charge on any atom is -0.367 e. The van der Waals surface area contributed by atoms with Crippen molar-refractivity contribution >= 4 is 93.3 Å². The molecule has 396 valence electrons. The standard InChI is InChI=1S/C26H28ClN5O5.C16H19Cl2N3O2.C10H10N2O3/c27-22-19(23(33)30-11-4-5-12-30)9-6-10-21(22)29-13-15-31(16-14-29)26(36)37-32-24(34)20(28-25(32)35)17-18-7-2-1-3-8-18;17-14-12(15(22)20-6-1-2-7-20)4-3-5-13(14)19-8-10-21(11-9-19)16(18)23;13-9-8(11-10(14)12(9)15)6-7-4-2-1-3-5-7/h1-3,6-10,20H,4-5,11-17H2,(H,28,35);3-5H,1-2,6-11H2;1-5,8,15H,6H2,(H,11,14)/t20-;;8-/m0.0/s1. The van der Waals surface area contributed by atoms with Gasteiger partial charge in [-0.3, -0.25) is 29.2 Å². The molecular weight excluding hydrogens is 1030 g/mol. The van der Waals surface area contributed by atoms with Crippen molar-refractivity contribution in [2.24, 2.45) is 0 Å². The number of hydroxylamine groups is 4. The molecule has 0 bridgehead atoms. The Bertz CT molecular complexity index is 2750.